The zero-order chi connectivity index (χ0) is 43.9. The van der Waals surface area contributed by atoms with Crippen LogP contribution >= 0.6 is 15.9 Å². The lowest BCUT2D eigenvalue weighted by Gasteiger charge is -2.13. The van der Waals surface area contributed by atoms with Gasteiger partial charge in [-0.2, -0.15) is 0 Å². The number of halogens is 1. The number of fused-ring (bicyclic) bond motifs is 4. The van der Waals surface area contributed by atoms with Gasteiger partial charge in [-0.3, -0.25) is 9.36 Å². The van der Waals surface area contributed by atoms with Gasteiger partial charge in [0.05, 0.1) is 40.6 Å². The average molecular weight is 904 g/mol. The normalized spacial score (nSPS) is 10.8. The van der Waals surface area contributed by atoms with Gasteiger partial charge in [-0.15, -0.1) is 0 Å². The van der Waals surface area contributed by atoms with Gasteiger partial charge >= 0.3 is 0 Å². The van der Waals surface area contributed by atoms with Crippen molar-refractivity contribution >= 4 is 65.7 Å². The summed E-state index contributed by atoms with van der Waals surface area (Å²) in [4.78, 5) is 33.0. The van der Waals surface area contributed by atoms with Crippen LogP contribution in [0.25, 0.3) is 66.1 Å². The maximum Gasteiger partial charge on any atom is 0.267 e. The molecule has 0 fully saturated rings. The van der Waals surface area contributed by atoms with Crippen LogP contribution in [0.15, 0.2) is 151 Å². The molecular formula is C50H43BrN6O6. The van der Waals surface area contributed by atoms with E-state index in [2.05, 4.69) is 46.9 Å². The van der Waals surface area contributed by atoms with Gasteiger partial charge in [-0.05, 0) is 111 Å². The molecule has 10 rings (SSSR count). The monoisotopic (exact) mass is 902 g/mol. The molecule has 316 valence electrons. The van der Waals surface area contributed by atoms with Crippen molar-refractivity contribution in [3.63, 3.8) is 0 Å². The number of hydrogen-bond acceptors (Lipinski definition) is 9. The van der Waals surface area contributed by atoms with Crippen LogP contribution in [0, 0.1) is 0 Å². The molecule has 0 radical (unpaired) electrons. The Labute approximate surface area is 371 Å². The standard InChI is InChI=1S/C28H24N2O4.C15H14N2O2.C7H5BrN2/c1-4-34-24-12-9-18-7-5-6-8-22(18)26(24)28(31)30-14-13-20-15-21(17-29-27(20)30)19-10-11-23(32-2)25(16-19)33-3;1-18-13-4-3-10(8-14(13)19-2)12-7-11-5-6-16-15(11)17-9-12;8-6-3-5-1-2-9-7(5)10-4-6/h5-17H,4H2,1-3H3;3-9H,1-2H3,(H,16,17);1-4H,(H,9,10). The van der Waals surface area contributed by atoms with E-state index in [1.54, 1.807) is 51.6 Å². The van der Waals surface area contributed by atoms with Crippen LogP contribution in [0.5, 0.6) is 28.7 Å². The van der Waals surface area contributed by atoms with Crippen molar-refractivity contribution in [2.45, 2.75) is 6.92 Å². The third kappa shape index (κ3) is 8.91. The number of carbonyl (C=O) groups is 1. The first-order valence-electron chi connectivity index (χ1n) is 19.9. The number of rotatable bonds is 9. The first kappa shape index (κ1) is 42.1. The summed E-state index contributed by atoms with van der Waals surface area (Å²) in [5, 5.41) is 4.91. The molecular weight excluding hydrogens is 860 g/mol. The first-order valence-corrected chi connectivity index (χ1v) is 20.7. The number of nitrogens with zero attached hydrogens (tertiary/aromatic N) is 4. The molecule has 2 N–H and O–H groups in total. The number of nitrogens with one attached hydrogen (secondary N) is 2. The Morgan fingerprint density at radius 2 is 1.14 bits per heavy atom. The Kier molecular flexibility index (Phi) is 12.7. The van der Waals surface area contributed by atoms with Gasteiger partial charge in [0, 0.05) is 68.9 Å². The maximum atomic E-state index is 13.8. The van der Waals surface area contributed by atoms with Crippen LogP contribution in [0.1, 0.15) is 17.3 Å². The smallest absolute Gasteiger partial charge is 0.267 e. The number of pyridine rings is 3. The summed E-state index contributed by atoms with van der Waals surface area (Å²) in [6, 6.07) is 35.3. The number of aromatic amines is 2. The Balaban J connectivity index is 0.000000155. The molecule has 0 aliphatic rings. The Bertz CT molecular complexity index is 3210. The minimum atomic E-state index is -0.179. The van der Waals surface area contributed by atoms with E-state index < -0.39 is 0 Å². The largest absolute Gasteiger partial charge is 0.493 e. The van der Waals surface area contributed by atoms with E-state index in [9.17, 15) is 4.79 Å². The fourth-order valence-electron chi connectivity index (χ4n) is 7.26. The lowest BCUT2D eigenvalue weighted by Crippen LogP contribution is -2.14. The van der Waals surface area contributed by atoms with Crippen LogP contribution in [0.3, 0.4) is 0 Å². The number of hydrogen-bond donors (Lipinski definition) is 2. The van der Waals surface area contributed by atoms with E-state index in [4.69, 9.17) is 23.7 Å². The number of aromatic nitrogens is 6. The Morgan fingerprint density at radius 1 is 0.571 bits per heavy atom. The quantitative estimate of drug-likeness (QED) is 0.145. The molecule has 0 spiro atoms. The molecule has 0 saturated carbocycles. The number of benzene rings is 4. The summed E-state index contributed by atoms with van der Waals surface area (Å²) >= 11 is 3.34. The molecule has 4 aromatic carbocycles. The highest BCUT2D eigenvalue weighted by Crippen LogP contribution is 2.35. The molecule has 0 aliphatic carbocycles. The topological polar surface area (TPSA) is 138 Å². The Hall–Kier alpha value is -7.64. The molecule has 12 nitrogen and oxygen atoms in total. The van der Waals surface area contributed by atoms with Gasteiger partial charge in [-0.25, -0.2) is 15.0 Å². The summed E-state index contributed by atoms with van der Waals surface area (Å²) in [6.07, 6.45) is 10.9. The zero-order valence-electron chi connectivity index (χ0n) is 35.2. The maximum absolute atomic E-state index is 13.8. The molecule has 63 heavy (non-hydrogen) atoms. The molecule has 6 aromatic heterocycles. The highest BCUT2D eigenvalue weighted by atomic mass is 79.9. The molecule has 0 saturated heterocycles. The van der Waals surface area contributed by atoms with Crippen molar-refractivity contribution in [1.29, 1.82) is 0 Å². The molecule has 6 heterocycles. The highest BCUT2D eigenvalue weighted by Gasteiger charge is 2.21. The second kappa shape index (κ2) is 19.0. The molecule has 0 atom stereocenters. The summed E-state index contributed by atoms with van der Waals surface area (Å²) in [7, 11) is 6.48. The van der Waals surface area contributed by atoms with Crippen LogP contribution in [-0.2, 0) is 0 Å². The summed E-state index contributed by atoms with van der Waals surface area (Å²) in [6.45, 7) is 2.38. The summed E-state index contributed by atoms with van der Waals surface area (Å²) in [5.74, 6) is 3.14. The first-order chi connectivity index (χ1) is 30.8. The van der Waals surface area contributed by atoms with Crippen molar-refractivity contribution in [1.82, 2.24) is 29.5 Å². The Morgan fingerprint density at radius 3 is 1.78 bits per heavy atom. The SMILES string of the molecule is Brc1cnc2[nH]ccc2c1.CCOc1ccc2ccccc2c1C(=O)n1ccc2cc(-c3ccc(OC)c(OC)c3)cnc21.COc1ccc(-c2cnc3[nH]ccc3c2)cc1OC. The van der Waals surface area contributed by atoms with Crippen molar-refractivity contribution in [3.05, 3.63) is 156 Å². The second-order valence-corrected chi connectivity index (χ2v) is 15.0. The lowest BCUT2D eigenvalue weighted by atomic mass is 10.0. The van der Waals surface area contributed by atoms with Gasteiger partial charge in [0.1, 0.15) is 22.7 Å². The van der Waals surface area contributed by atoms with Crippen LogP contribution in [-0.4, -0.2) is 70.4 Å². The van der Waals surface area contributed by atoms with Crippen LogP contribution < -0.4 is 23.7 Å². The number of methoxy groups -OCH3 is 4. The van der Waals surface area contributed by atoms with E-state index >= 15 is 0 Å². The van der Waals surface area contributed by atoms with Crippen molar-refractivity contribution in [2.24, 2.45) is 0 Å². The summed E-state index contributed by atoms with van der Waals surface area (Å²) < 4.78 is 29.7. The van der Waals surface area contributed by atoms with Crippen molar-refractivity contribution in [2.75, 3.05) is 35.0 Å². The molecule has 0 unspecified atom stereocenters. The van der Waals surface area contributed by atoms with Crippen molar-refractivity contribution < 1.29 is 28.5 Å². The lowest BCUT2D eigenvalue weighted by molar-refractivity contribution is 0.0962. The highest BCUT2D eigenvalue weighted by molar-refractivity contribution is 9.10. The predicted octanol–water partition coefficient (Wildman–Crippen LogP) is 11.5. The third-order valence-electron chi connectivity index (χ3n) is 10.4. The molecule has 0 amide bonds. The van der Waals surface area contributed by atoms with Gasteiger partial charge in [-0.1, -0.05) is 42.5 Å². The number of ether oxygens (including phenoxy) is 5. The van der Waals surface area contributed by atoms with E-state index in [1.165, 1.54) is 0 Å². The predicted molar refractivity (Wildman–Crippen MR) is 252 cm³/mol. The molecule has 13 heteroatoms. The minimum Gasteiger partial charge on any atom is -0.493 e. The van der Waals surface area contributed by atoms with E-state index in [0.717, 1.165) is 70.7 Å². The van der Waals surface area contributed by atoms with Crippen molar-refractivity contribution in [3.8, 4) is 51.0 Å². The van der Waals surface area contributed by atoms with E-state index in [-0.39, 0.29) is 5.91 Å². The van der Waals surface area contributed by atoms with Gasteiger partial charge < -0.3 is 33.7 Å². The van der Waals surface area contributed by atoms with Gasteiger partial charge in [0.2, 0.25) is 0 Å². The minimum absolute atomic E-state index is 0.179. The van der Waals surface area contributed by atoms with Crippen LogP contribution in [0.4, 0.5) is 0 Å². The second-order valence-electron chi connectivity index (χ2n) is 14.1. The number of H-pyrrole nitrogens is 2. The molecule has 10 aromatic rings. The third-order valence-corrected chi connectivity index (χ3v) is 10.8. The van der Waals surface area contributed by atoms with E-state index in [1.807, 2.05) is 129 Å². The zero-order valence-corrected chi connectivity index (χ0v) is 36.8. The molecule has 0 bridgehead atoms. The average Bonchev–Trinajstić information content (AvgIpc) is 4.11. The van der Waals surface area contributed by atoms with E-state index in [0.29, 0.717) is 40.8 Å². The fraction of sp³-hybridized carbons (Fsp3) is 0.120. The number of carbonyl (C=O) groups excluding carboxylic acids is 1. The molecule has 0 aliphatic heterocycles. The summed E-state index contributed by atoms with van der Waals surface area (Å²) in [5.41, 5.74) is 6.90. The van der Waals surface area contributed by atoms with Gasteiger partial charge in [0.15, 0.2) is 23.0 Å². The van der Waals surface area contributed by atoms with Crippen LogP contribution in [0.2, 0.25) is 0 Å². The van der Waals surface area contributed by atoms with Gasteiger partial charge in [0.25, 0.3) is 5.91 Å². The fourth-order valence-corrected chi connectivity index (χ4v) is 7.61.